The fraction of sp³-hybridized carbons (Fsp3) is 0.286. The third-order valence-electron chi connectivity index (χ3n) is 5.57. The topological polar surface area (TPSA) is 107 Å². The predicted molar refractivity (Wildman–Crippen MR) is 104 cm³/mol. The van der Waals surface area contributed by atoms with Crippen LogP contribution in [-0.2, 0) is 5.54 Å². The first kappa shape index (κ1) is 16.0. The smallest absolute Gasteiger partial charge is 0.157 e. The minimum absolute atomic E-state index is 0.487. The maximum Gasteiger partial charge on any atom is 0.157 e. The molecule has 3 aromatic heterocycles. The lowest BCUT2D eigenvalue weighted by molar-refractivity contribution is 0.565. The molecule has 0 saturated heterocycles. The Labute approximate surface area is 156 Å². The average molecular weight is 356 g/mol. The van der Waals surface area contributed by atoms with Gasteiger partial charge in [-0.25, -0.2) is 9.97 Å². The summed E-state index contributed by atoms with van der Waals surface area (Å²) in [5, 5.41) is 10.3. The van der Waals surface area contributed by atoms with Crippen LogP contribution in [0.15, 0.2) is 30.6 Å². The highest BCUT2D eigenvalue weighted by Gasteiger charge is 2.37. The van der Waals surface area contributed by atoms with E-state index in [4.69, 9.17) is 16.0 Å². The van der Waals surface area contributed by atoms with Gasteiger partial charge in [-0.3, -0.25) is 0 Å². The van der Waals surface area contributed by atoms with E-state index in [1.165, 1.54) is 24.0 Å². The first-order valence-corrected chi connectivity index (χ1v) is 9.15. The van der Waals surface area contributed by atoms with Gasteiger partial charge in [0.05, 0.1) is 11.1 Å². The molecule has 1 aliphatic carbocycles. The van der Waals surface area contributed by atoms with E-state index in [2.05, 4.69) is 40.1 Å². The zero-order valence-corrected chi connectivity index (χ0v) is 15.3. The van der Waals surface area contributed by atoms with Crippen LogP contribution in [-0.4, -0.2) is 19.9 Å². The molecule has 0 radical (unpaired) electrons. The molecular formula is C21H20N6. The van der Waals surface area contributed by atoms with Gasteiger partial charge in [0.2, 0.25) is 0 Å². The molecule has 134 valence electrons. The number of imidazole rings is 1. The standard InChI is InChI=1S/C21H20N6/c1-11-7-15(13-3-4-13)17(14-5-6-24-18(11)14)21(2,23)20-26-16-8-12(9-22)10-25-19(16)27-20/h5-8,10,13,24H,3-4,23H2,1-2H3,(H,25,26,27). The van der Waals surface area contributed by atoms with E-state index in [9.17, 15) is 0 Å². The number of aromatic amines is 2. The molecule has 3 heterocycles. The molecule has 5 rings (SSSR count). The van der Waals surface area contributed by atoms with Gasteiger partial charge in [0.25, 0.3) is 0 Å². The van der Waals surface area contributed by atoms with Crippen molar-refractivity contribution in [3.63, 3.8) is 0 Å². The van der Waals surface area contributed by atoms with E-state index < -0.39 is 5.54 Å². The van der Waals surface area contributed by atoms with Gasteiger partial charge in [-0.15, -0.1) is 0 Å². The summed E-state index contributed by atoms with van der Waals surface area (Å²) in [4.78, 5) is 15.6. The maximum atomic E-state index is 9.11. The lowest BCUT2D eigenvalue weighted by Gasteiger charge is -2.27. The van der Waals surface area contributed by atoms with E-state index in [1.807, 2.05) is 13.1 Å². The van der Waals surface area contributed by atoms with E-state index in [-0.39, 0.29) is 0 Å². The number of hydrogen-bond donors (Lipinski definition) is 3. The van der Waals surface area contributed by atoms with Crippen LogP contribution in [0.1, 0.15) is 53.8 Å². The number of H-pyrrole nitrogens is 2. The summed E-state index contributed by atoms with van der Waals surface area (Å²) >= 11 is 0. The molecule has 1 saturated carbocycles. The van der Waals surface area contributed by atoms with Crippen LogP contribution in [0.2, 0.25) is 0 Å². The number of pyridine rings is 1. The summed E-state index contributed by atoms with van der Waals surface area (Å²) in [6.45, 7) is 4.13. The Bertz CT molecular complexity index is 1230. The maximum absolute atomic E-state index is 9.11. The van der Waals surface area contributed by atoms with Crippen LogP contribution >= 0.6 is 0 Å². The molecule has 1 aromatic carbocycles. The Morgan fingerprint density at radius 3 is 2.89 bits per heavy atom. The summed E-state index contributed by atoms with van der Waals surface area (Å²) < 4.78 is 0. The number of nitrogens with two attached hydrogens (primary N) is 1. The quantitative estimate of drug-likeness (QED) is 0.520. The van der Waals surface area contributed by atoms with Crippen LogP contribution in [0.4, 0.5) is 0 Å². The SMILES string of the molecule is Cc1cc(C2CC2)c(C(C)(N)c2nc3cc(C#N)cnc3[nH]2)c2cc[nH]c12. The second kappa shape index (κ2) is 5.41. The highest BCUT2D eigenvalue weighted by molar-refractivity contribution is 5.89. The van der Waals surface area contributed by atoms with Crippen molar-refractivity contribution in [3.05, 3.63) is 58.7 Å². The van der Waals surface area contributed by atoms with Crippen molar-refractivity contribution < 1.29 is 0 Å². The van der Waals surface area contributed by atoms with Crippen LogP contribution < -0.4 is 5.73 Å². The lowest BCUT2D eigenvalue weighted by atomic mass is 9.83. The Hall–Kier alpha value is -3.17. The van der Waals surface area contributed by atoms with Gasteiger partial charge in [-0.1, -0.05) is 6.07 Å². The monoisotopic (exact) mass is 356 g/mol. The van der Waals surface area contributed by atoms with E-state index in [1.54, 1.807) is 12.3 Å². The van der Waals surface area contributed by atoms with Gasteiger partial charge in [0.15, 0.2) is 5.65 Å². The Morgan fingerprint density at radius 2 is 2.15 bits per heavy atom. The van der Waals surface area contributed by atoms with Crippen LogP contribution in [0, 0.1) is 18.3 Å². The lowest BCUT2D eigenvalue weighted by Crippen LogP contribution is -2.37. The van der Waals surface area contributed by atoms with E-state index in [0.29, 0.717) is 28.5 Å². The molecule has 27 heavy (non-hydrogen) atoms. The Kier molecular flexibility index (Phi) is 3.22. The van der Waals surface area contributed by atoms with Gasteiger partial charge in [-0.05, 0) is 61.4 Å². The molecule has 1 aliphatic rings. The van der Waals surface area contributed by atoms with Crippen molar-refractivity contribution in [2.45, 2.75) is 38.1 Å². The van der Waals surface area contributed by atoms with Crippen LogP contribution in [0.3, 0.4) is 0 Å². The normalized spacial score (nSPS) is 16.5. The number of benzene rings is 1. The van der Waals surface area contributed by atoms with Crippen LogP contribution in [0.25, 0.3) is 22.1 Å². The van der Waals surface area contributed by atoms with Crippen molar-refractivity contribution >= 4 is 22.1 Å². The Balaban J connectivity index is 1.76. The van der Waals surface area contributed by atoms with Crippen molar-refractivity contribution in [3.8, 4) is 6.07 Å². The van der Waals surface area contributed by atoms with Crippen molar-refractivity contribution in [2.24, 2.45) is 5.73 Å². The molecule has 6 heteroatoms. The molecule has 1 atom stereocenters. The van der Waals surface area contributed by atoms with Gasteiger partial charge < -0.3 is 15.7 Å². The fourth-order valence-electron chi connectivity index (χ4n) is 4.05. The van der Waals surface area contributed by atoms with E-state index >= 15 is 0 Å². The summed E-state index contributed by atoms with van der Waals surface area (Å²) in [7, 11) is 0. The number of nitriles is 1. The first-order valence-electron chi connectivity index (χ1n) is 9.15. The molecular weight excluding hydrogens is 336 g/mol. The molecule has 0 aliphatic heterocycles. The number of aromatic nitrogens is 4. The van der Waals surface area contributed by atoms with E-state index in [0.717, 1.165) is 16.5 Å². The van der Waals surface area contributed by atoms with Gasteiger partial charge in [0, 0.05) is 23.3 Å². The minimum Gasteiger partial charge on any atom is -0.361 e. The number of hydrogen-bond acceptors (Lipinski definition) is 4. The first-order chi connectivity index (χ1) is 13.0. The number of nitrogens with zero attached hydrogens (tertiary/aromatic N) is 3. The molecule has 0 bridgehead atoms. The van der Waals surface area contributed by atoms with Crippen molar-refractivity contribution in [2.75, 3.05) is 0 Å². The summed E-state index contributed by atoms with van der Waals surface area (Å²) in [6, 6.07) is 8.21. The number of rotatable bonds is 3. The summed E-state index contributed by atoms with van der Waals surface area (Å²) in [6.07, 6.45) is 5.91. The largest absolute Gasteiger partial charge is 0.361 e. The molecule has 1 unspecified atom stereocenters. The Morgan fingerprint density at radius 1 is 1.33 bits per heavy atom. The third-order valence-corrected chi connectivity index (χ3v) is 5.57. The van der Waals surface area contributed by atoms with Crippen LogP contribution in [0.5, 0.6) is 0 Å². The molecule has 1 fully saturated rings. The van der Waals surface area contributed by atoms with Gasteiger partial charge in [0.1, 0.15) is 17.4 Å². The number of aryl methyl sites for hydroxylation is 1. The number of nitrogens with one attached hydrogen (secondary N) is 2. The molecule has 0 amide bonds. The molecule has 4 aromatic rings. The van der Waals surface area contributed by atoms with Crippen molar-refractivity contribution in [1.29, 1.82) is 5.26 Å². The molecule has 6 nitrogen and oxygen atoms in total. The predicted octanol–water partition coefficient (Wildman–Crippen LogP) is 3.72. The third kappa shape index (κ3) is 2.36. The van der Waals surface area contributed by atoms with Crippen molar-refractivity contribution in [1.82, 2.24) is 19.9 Å². The summed E-state index contributed by atoms with van der Waals surface area (Å²) in [5.41, 5.74) is 12.7. The second-order valence-electron chi connectivity index (χ2n) is 7.69. The highest BCUT2D eigenvalue weighted by atomic mass is 15.0. The molecule has 0 spiro atoms. The zero-order valence-electron chi connectivity index (χ0n) is 15.3. The zero-order chi connectivity index (χ0) is 18.8. The molecule has 4 N–H and O–H groups in total. The highest BCUT2D eigenvalue weighted by Crippen LogP contribution is 2.47. The summed E-state index contributed by atoms with van der Waals surface area (Å²) in [5.74, 6) is 1.22. The van der Waals surface area contributed by atoms with Gasteiger partial charge in [-0.2, -0.15) is 5.26 Å². The van der Waals surface area contributed by atoms with Gasteiger partial charge >= 0.3 is 0 Å². The minimum atomic E-state index is -0.806. The second-order valence-corrected chi connectivity index (χ2v) is 7.69. The average Bonchev–Trinajstić information content (AvgIpc) is 3.21. The fourth-order valence-corrected chi connectivity index (χ4v) is 4.05. The number of fused-ring (bicyclic) bond motifs is 2.